The van der Waals surface area contributed by atoms with Crippen LogP contribution in [0.3, 0.4) is 0 Å². The van der Waals surface area contributed by atoms with E-state index >= 15 is 0 Å². The molecular formula is C19H23NO5S. The summed E-state index contributed by atoms with van der Waals surface area (Å²) in [7, 11) is -3.63. The van der Waals surface area contributed by atoms with Crippen molar-refractivity contribution >= 4 is 16.0 Å². The highest BCUT2D eigenvalue weighted by molar-refractivity contribution is 7.88. The van der Waals surface area contributed by atoms with E-state index in [4.69, 9.17) is 4.74 Å². The van der Waals surface area contributed by atoms with E-state index in [1.54, 1.807) is 6.07 Å². The van der Waals surface area contributed by atoms with Crippen molar-refractivity contribution < 1.29 is 23.1 Å². The zero-order chi connectivity index (χ0) is 19.2. The van der Waals surface area contributed by atoms with Gasteiger partial charge in [-0.2, -0.15) is 0 Å². The molecule has 0 bridgehead atoms. The molecule has 0 unspecified atom stereocenters. The van der Waals surface area contributed by atoms with E-state index < -0.39 is 22.0 Å². The van der Waals surface area contributed by atoms with Gasteiger partial charge in [-0.05, 0) is 36.1 Å². The lowest BCUT2D eigenvalue weighted by atomic mass is 9.99. The highest BCUT2D eigenvalue weighted by atomic mass is 32.2. The zero-order valence-corrected chi connectivity index (χ0v) is 15.6. The summed E-state index contributed by atoms with van der Waals surface area (Å²) < 4.78 is 30.6. The fraction of sp³-hybridized carbons (Fsp3) is 0.316. The van der Waals surface area contributed by atoms with Crippen LogP contribution in [0.4, 0.5) is 0 Å². The number of sulfonamides is 1. The summed E-state index contributed by atoms with van der Waals surface area (Å²) in [5.41, 5.74) is 2.84. The molecule has 140 valence electrons. The number of hydrogen-bond donors (Lipinski definition) is 2. The Balaban J connectivity index is 2.25. The molecule has 7 heteroatoms. The van der Waals surface area contributed by atoms with E-state index in [1.165, 1.54) is 0 Å². The van der Waals surface area contributed by atoms with Crippen LogP contribution in [0.5, 0.6) is 5.75 Å². The predicted molar refractivity (Wildman–Crippen MR) is 100.0 cm³/mol. The average Bonchev–Trinajstić information content (AvgIpc) is 2.56. The number of ether oxygens (including phenoxy) is 1. The van der Waals surface area contributed by atoms with Gasteiger partial charge in [0, 0.05) is 6.42 Å². The summed E-state index contributed by atoms with van der Waals surface area (Å²) in [6, 6.07) is 14.3. The Morgan fingerprint density at radius 2 is 1.85 bits per heavy atom. The van der Waals surface area contributed by atoms with Crippen molar-refractivity contribution in [2.24, 2.45) is 0 Å². The molecule has 0 aliphatic heterocycles. The van der Waals surface area contributed by atoms with Crippen LogP contribution < -0.4 is 9.46 Å². The first kappa shape index (κ1) is 19.9. The summed E-state index contributed by atoms with van der Waals surface area (Å²) in [4.78, 5) is 11.4. The van der Waals surface area contributed by atoms with Crippen molar-refractivity contribution in [3.8, 4) is 5.75 Å². The minimum Gasteiger partial charge on any atom is -0.494 e. The number of aliphatic carboxylic acids is 1. The molecule has 1 atom stereocenters. The van der Waals surface area contributed by atoms with Crippen LogP contribution in [-0.2, 0) is 27.7 Å². The van der Waals surface area contributed by atoms with Crippen molar-refractivity contribution in [2.75, 3.05) is 12.9 Å². The molecule has 0 amide bonds. The Morgan fingerprint density at radius 1 is 1.15 bits per heavy atom. The molecule has 0 aliphatic rings. The fourth-order valence-corrected chi connectivity index (χ4v) is 3.36. The second-order valence-corrected chi connectivity index (χ2v) is 7.80. The van der Waals surface area contributed by atoms with E-state index in [9.17, 15) is 18.3 Å². The van der Waals surface area contributed by atoms with E-state index in [0.29, 0.717) is 17.9 Å². The molecule has 0 aromatic heterocycles. The number of carboxylic acid groups (broad SMARTS) is 1. The standard InChI is InChI=1S/C19H23NO5S/c1-3-25-18-12-15(11-14-7-5-4-6-8-14)9-10-16(18)13-17(19(21)22)20-26(2,23)24/h4-10,12,17,20H,3,11,13H2,1-2H3,(H,21,22)/t17-/m0/s1. The van der Waals surface area contributed by atoms with Gasteiger partial charge in [0.25, 0.3) is 0 Å². The van der Waals surface area contributed by atoms with E-state index in [-0.39, 0.29) is 6.42 Å². The van der Waals surface area contributed by atoms with Crippen LogP contribution in [0.25, 0.3) is 0 Å². The molecule has 0 heterocycles. The van der Waals surface area contributed by atoms with Gasteiger partial charge in [0.15, 0.2) is 0 Å². The lowest BCUT2D eigenvalue weighted by molar-refractivity contribution is -0.138. The van der Waals surface area contributed by atoms with Gasteiger partial charge in [-0.3, -0.25) is 4.79 Å². The highest BCUT2D eigenvalue weighted by Crippen LogP contribution is 2.24. The maximum Gasteiger partial charge on any atom is 0.322 e. The monoisotopic (exact) mass is 377 g/mol. The molecule has 0 fully saturated rings. The predicted octanol–water partition coefficient (Wildman–Crippen LogP) is 2.22. The quantitative estimate of drug-likeness (QED) is 0.699. The van der Waals surface area contributed by atoms with Crippen molar-refractivity contribution in [2.45, 2.75) is 25.8 Å². The Labute approximate surface area is 153 Å². The van der Waals surface area contributed by atoms with Crippen LogP contribution in [0.2, 0.25) is 0 Å². The number of benzene rings is 2. The first-order valence-electron chi connectivity index (χ1n) is 8.27. The number of hydrogen-bond acceptors (Lipinski definition) is 4. The van der Waals surface area contributed by atoms with Crippen LogP contribution in [0.15, 0.2) is 48.5 Å². The van der Waals surface area contributed by atoms with Crippen molar-refractivity contribution in [3.05, 3.63) is 65.2 Å². The normalized spacial score (nSPS) is 12.5. The number of nitrogens with one attached hydrogen (secondary N) is 1. The SMILES string of the molecule is CCOc1cc(Cc2ccccc2)ccc1C[C@H](NS(C)(=O)=O)C(=O)O. The summed E-state index contributed by atoms with van der Waals surface area (Å²) >= 11 is 0. The van der Waals surface area contributed by atoms with E-state index in [1.807, 2.05) is 49.4 Å². The average molecular weight is 377 g/mol. The van der Waals surface area contributed by atoms with Gasteiger partial charge in [0.1, 0.15) is 11.8 Å². The first-order chi connectivity index (χ1) is 12.3. The van der Waals surface area contributed by atoms with Crippen LogP contribution >= 0.6 is 0 Å². The summed E-state index contributed by atoms with van der Waals surface area (Å²) in [6.45, 7) is 2.27. The van der Waals surface area contributed by atoms with Crippen molar-refractivity contribution in [1.29, 1.82) is 0 Å². The third kappa shape index (κ3) is 6.16. The molecule has 26 heavy (non-hydrogen) atoms. The number of carbonyl (C=O) groups is 1. The van der Waals surface area contributed by atoms with Gasteiger partial charge >= 0.3 is 5.97 Å². The number of carboxylic acids is 1. The van der Waals surface area contributed by atoms with Crippen molar-refractivity contribution in [3.63, 3.8) is 0 Å². The van der Waals surface area contributed by atoms with E-state index in [2.05, 4.69) is 4.72 Å². The molecule has 2 rings (SSSR count). The van der Waals surface area contributed by atoms with Gasteiger partial charge in [0.2, 0.25) is 10.0 Å². The Morgan fingerprint density at radius 3 is 2.42 bits per heavy atom. The van der Waals surface area contributed by atoms with E-state index in [0.717, 1.165) is 23.8 Å². The maximum absolute atomic E-state index is 11.4. The zero-order valence-electron chi connectivity index (χ0n) is 14.8. The minimum atomic E-state index is -3.63. The second-order valence-electron chi connectivity index (χ2n) is 6.02. The Kier molecular flexibility index (Phi) is 6.76. The molecular weight excluding hydrogens is 354 g/mol. The molecule has 2 N–H and O–H groups in total. The number of rotatable bonds is 9. The molecule has 2 aromatic carbocycles. The largest absolute Gasteiger partial charge is 0.494 e. The van der Waals surface area contributed by atoms with Gasteiger partial charge in [0.05, 0.1) is 12.9 Å². The van der Waals surface area contributed by atoms with Gasteiger partial charge in [-0.1, -0.05) is 42.5 Å². The smallest absolute Gasteiger partial charge is 0.322 e. The van der Waals surface area contributed by atoms with Gasteiger partial charge in [-0.25, -0.2) is 13.1 Å². The topological polar surface area (TPSA) is 92.7 Å². The molecule has 0 saturated carbocycles. The Hall–Kier alpha value is -2.38. The second kappa shape index (κ2) is 8.82. The van der Waals surface area contributed by atoms with Crippen molar-refractivity contribution in [1.82, 2.24) is 4.72 Å². The summed E-state index contributed by atoms with van der Waals surface area (Å²) in [5.74, 6) is -0.659. The molecule has 0 saturated heterocycles. The van der Waals surface area contributed by atoms with Gasteiger partial charge < -0.3 is 9.84 Å². The lowest BCUT2D eigenvalue weighted by Gasteiger charge is -2.17. The van der Waals surface area contributed by atoms with Gasteiger partial charge in [-0.15, -0.1) is 0 Å². The molecule has 2 aromatic rings. The van der Waals surface area contributed by atoms with Crippen LogP contribution in [-0.4, -0.2) is 38.4 Å². The third-order valence-corrected chi connectivity index (χ3v) is 4.47. The molecule has 6 nitrogen and oxygen atoms in total. The summed E-state index contributed by atoms with van der Waals surface area (Å²) in [5, 5.41) is 9.30. The lowest BCUT2D eigenvalue weighted by Crippen LogP contribution is -2.41. The first-order valence-corrected chi connectivity index (χ1v) is 10.2. The molecule has 0 aliphatic carbocycles. The molecule has 0 radical (unpaired) electrons. The van der Waals surface area contributed by atoms with Crippen LogP contribution in [0.1, 0.15) is 23.6 Å². The maximum atomic E-state index is 11.4. The highest BCUT2D eigenvalue weighted by Gasteiger charge is 2.23. The Bertz CT molecular complexity index is 849. The molecule has 0 spiro atoms. The third-order valence-electron chi connectivity index (χ3n) is 3.76. The minimum absolute atomic E-state index is 0.00333. The fourth-order valence-electron chi connectivity index (χ4n) is 2.66. The van der Waals surface area contributed by atoms with Crippen LogP contribution in [0, 0.1) is 0 Å². The summed E-state index contributed by atoms with van der Waals surface area (Å²) in [6.07, 6.45) is 1.67.